The van der Waals surface area contributed by atoms with Crippen molar-refractivity contribution in [3.8, 4) is 23.0 Å². The minimum Gasteiger partial charge on any atom is -0.872 e. The second-order valence-electron chi connectivity index (χ2n) is 33.0. The molecule has 12 aromatic carbocycles. The van der Waals surface area contributed by atoms with Crippen molar-refractivity contribution in [1.29, 1.82) is 0 Å². The molecule has 0 N–H and O–H groups in total. The van der Waals surface area contributed by atoms with Crippen molar-refractivity contribution >= 4 is 46.1 Å². The van der Waals surface area contributed by atoms with Crippen LogP contribution in [0.4, 0.5) is 0 Å². The average Bonchev–Trinajstić information content (AvgIpc) is 0.773. The molecule has 0 radical (unpaired) electrons. The minimum atomic E-state index is -0.548. The Morgan fingerprint density at radius 3 is 0.454 bits per heavy atom. The zero-order valence-electron chi connectivity index (χ0n) is 66.4. The first-order chi connectivity index (χ1) is 50.3. The van der Waals surface area contributed by atoms with Crippen molar-refractivity contribution < 1.29 is 29.9 Å². The summed E-state index contributed by atoms with van der Waals surface area (Å²) in [7, 11) is 0. The molecule has 0 saturated carbocycles. The minimum absolute atomic E-state index is 0. The number of hydrogen-bond acceptors (Lipinski definition) is 6. The van der Waals surface area contributed by atoms with Gasteiger partial charge in [0.1, 0.15) is 0 Å². The fourth-order valence-corrected chi connectivity index (χ4v) is 15.2. The van der Waals surface area contributed by atoms with Crippen LogP contribution in [0.15, 0.2) is 291 Å². The van der Waals surface area contributed by atoms with Gasteiger partial charge in [-0.1, -0.05) is 425 Å². The summed E-state index contributed by atoms with van der Waals surface area (Å²) in [6, 6.07) is 98.8. The van der Waals surface area contributed by atoms with Crippen LogP contribution in [0.25, 0.3) is 0 Å². The molecule has 0 aliphatic heterocycles. The van der Waals surface area contributed by atoms with Crippen LogP contribution in [0.5, 0.6) is 23.0 Å². The normalized spacial score (nSPS) is 12.3. The van der Waals surface area contributed by atoms with Gasteiger partial charge in [0.15, 0.2) is 0 Å². The van der Waals surface area contributed by atoms with Crippen molar-refractivity contribution in [3.63, 3.8) is 0 Å². The Bertz CT molecular complexity index is 4310. The summed E-state index contributed by atoms with van der Waals surface area (Å²) in [5.74, 6) is -0.116. The van der Waals surface area contributed by atoms with Gasteiger partial charge in [-0.3, -0.25) is 0 Å². The van der Waals surface area contributed by atoms with Gasteiger partial charge in [-0.25, -0.2) is 0 Å². The largest absolute Gasteiger partial charge is 2.00 e. The van der Waals surface area contributed by atoms with Crippen molar-refractivity contribution in [1.82, 2.24) is 0 Å². The Labute approximate surface area is 676 Å². The topological polar surface area (TPSA) is 111 Å². The molecule has 544 valence electrons. The van der Waals surface area contributed by atoms with E-state index in [-0.39, 0.29) is 117 Å². The molecule has 108 heavy (non-hydrogen) atoms. The van der Waals surface area contributed by atoms with E-state index in [0.717, 1.165) is 89.0 Å². The summed E-state index contributed by atoms with van der Waals surface area (Å²) in [5, 5.41) is 57.8. The van der Waals surface area contributed by atoms with E-state index in [2.05, 4.69) is 281 Å². The van der Waals surface area contributed by atoms with E-state index in [1.165, 1.54) is 0 Å². The quantitative estimate of drug-likeness (QED) is 0.0557. The van der Waals surface area contributed by atoms with Crippen molar-refractivity contribution in [2.75, 3.05) is 0 Å². The molecule has 6 nitrogen and oxygen atoms in total. The maximum absolute atomic E-state index is 14.5. The van der Waals surface area contributed by atoms with Crippen molar-refractivity contribution in [3.05, 3.63) is 402 Å². The van der Waals surface area contributed by atoms with Crippen LogP contribution in [0, 0.1) is 0 Å². The first-order valence-corrected chi connectivity index (χ1v) is 37.3. The molecule has 0 unspecified atom stereocenters. The molecular weight excluding hydrogens is 1350 g/mol. The van der Waals surface area contributed by atoms with Crippen LogP contribution in [0.2, 0.25) is 0 Å². The van der Waals surface area contributed by atoms with Crippen molar-refractivity contribution in [2.45, 2.75) is 181 Å². The van der Waals surface area contributed by atoms with E-state index in [0.29, 0.717) is 22.3 Å². The van der Waals surface area contributed by atoms with E-state index < -0.39 is 21.7 Å². The number of hydrogen-bond donors (Lipinski definition) is 0. The second-order valence-corrected chi connectivity index (χ2v) is 33.0. The molecule has 12 rings (SSSR count). The van der Waals surface area contributed by atoms with Crippen LogP contribution >= 0.6 is 0 Å². The average molecular weight is 1450 g/mol. The standard InChI is InChI=1S/2C50H54O3.2Mg/c2*1-47(2,37-21-13-9-14-22-37)41-29-35(45(51)43(31-41)49(5,6)39-25-17-11-18-26-39)33-53-34-36-30-42(48(3,4)38-23-15-10-16-24-38)32-44(46(36)52)50(7,8)40-27-19-12-20-28-40;;/h2*9-32,51-52H,33-34H2,1-8H3;;/q;;2*+2/p-4. The summed E-state index contributed by atoms with van der Waals surface area (Å²) < 4.78 is 12.9. The van der Waals surface area contributed by atoms with Crippen LogP contribution in [0.3, 0.4) is 0 Å². The molecule has 0 aliphatic carbocycles. The summed E-state index contributed by atoms with van der Waals surface area (Å²) in [6.07, 6.45) is 0. The van der Waals surface area contributed by atoms with Crippen LogP contribution in [-0.2, 0) is 79.2 Å². The molecule has 0 spiro atoms. The molecule has 0 fully saturated rings. The fourth-order valence-electron chi connectivity index (χ4n) is 15.2. The van der Waals surface area contributed by atoms with Gasteiger partial charge in [-0.05, 0) is 111 Å². The van der Waals surface area contributed by atoms with E-state index in [1.54, 1.807) is 0 Å². The summed E-state index contributed by atoms with van der Waals surface area (Å²) >= 11 is 0. The Balaban J connectivity index is 0.000000245. The SMILES string of the molecule is CC(C)(c1ccccc1)c1cc(COCc2cc(C(C)(C)c3ccccc3)cc(C(C)(C)c3ccccc3)c2[O-])c([O-])c(C(C)(C)c2ccccc2)c1.CC(C)(c1ccccc1)c1cc(COCc2cc(C(C)(C)c3ccccc3)cc(C(C)(C)c3ccccc3)c2[O-])c([O-])c(C(C)(C)c2ccccc2)c1.[Mg+2].[Mg+2]. The predicted octanol–water partition coefficient (Wildman–Crippen LogP) is 20.9. The molecule has 0 heterocycles. The molecule has 0 aliphatic rings. The third kappa shape index (κ3) is 17.5. The van der Waals surface area contributed by atoms with Gasteiger partial charge in [0.2, 0.25) is 0 Å². The van der Waals surface area contributed by atoms with Gasteiger partial charge in [-0.2, -0.15) is 0 Å². The van der Waals surface area contributed by atoms with Gasteiger partial charge >= 0.3 is 46.1 Å². The predicted molar refractivity (Wildman–Crippen MR) is 441 cm³/mol. The Morgan fingerprint density at radius 2 is 0.315 bits per heavy atom. The molecule has 0 amide bonds. The number of rotatable bonds is 24. The summed E-state index contributed by atoms with van der Waals surface area (Å²) in [4.78, 5) is 0. The zero-order valence-corrected chi connectivity index (χ0v) is 69.2. The molecule has 0 saturated heterocycles. The van der Waals surface area contributed by atoms with Crippen LogP contribution in [0.1, 0.15) is 222 Å². The van der Waals surface area contributed by atoms with Crippen LogP contribution < -0.4 is 20.4 Å². The molecule has 8 heteroatoms. The van der Waals surface area contributed by atoms with Crippen LogP contribution in [-0.4, -0.2) is 46.1 Å². The maximum Gasteiger partial charge on any atom is 2.00 e. The summed E-state index contributed by atoms with van der Waals surface area (Å²) in [5.41, 5.74) is 14.7. The molecule has 12 aromatic rings. The van der Waals surface area contributed by atoms with Crippen molar-refractivity contribution in [2.24, 2.45) is 0 Å². The monoisotopic (exact) mass is 1450 g/mol. The third-order valence-electron chi connectivity index (χ3n) is 23.2. The van der Waals surface area contributed by atoms with Gasteiger partial charge in [0, 0.05) is 43.3 Å². The van der Waals surface area contributed by atoms with E-state index in [1.807, 2.05) is 121 Å². The third-order valence-corrected chi connectivity index (χ3v) is 23.2. The first-order valence-electron chi connectivity index (χ1n) is 37.3. The molecule has 0 bridgehead atoms. The van der Waals surface area contributed by atoms with E-state index >= 15 is 0 Å². The van der Waals surface area contributed by atoms with Gasteiger partial charge in [0.05, 0.1) is 26.4 Å². The molecule has 0 atom stereocenters. The number of benzene rings is 12. The number of ether oxygens (including phenoxy) is 2. The smallest absolute Gasteiger partial charge is 0.872 e. The molecular formula is C100H104Mg2O6. The fraction of sp³-hybridized carbons (Fsp3) is 0.280. The van der Waals surface area contributed by atoms with Gasteiger partial charge in [0.25, 0.3) is 0 Å². The Hall–Kier alpha value is -8.71. The van der Waals surface area contributed by atoms with Gasteiger partial charge < -0.3 is 29.9 Å². The molecule has 0 aromatic heterocycles. The van der Waals surface area contributed by atoms with E-state index in [4.69, 9.17) is 9.47 Å². The zero-order chi connectivity index (χ0) is 76.0. The van der Waals surface area contributed by atoms with E-state index in [9.17, 15) is 20.4 Å². The summed E-state index contributed by atoms with van der Waals surface area (Å²) in [6.45, 7) is 34.8. The Kier molecular flexibility index (Phi) is 26.3. The second kappa shape index (κ2) is 34.1. The first kappa shape index (κ1) is 83.3. The Morgan fingerprint density at radius 1 is 0.185 bits per heavy atom. The maximum atomic E-state index is 14.5. The van der Waals surface area contributed by atoms with Gasteiger partial charge in [-0.15, -0.1) is 0 Å².